The summed E-state index contributed by atoms with van der Waals surface area (Å²) in [6.45, 7) is 5.87. The Bertz CT molecular complexity index is 136. The third-order valence-corrected chi connectivity index (χ3v) is 2.26. The highest BCUT2D eigenvalue weighted by Crippen LogP contribution is 2.24. The second-order valence-corrected chi connectivity index (χ2v) is 3.23. The zero-order valence-corrected chi connectivity index (χ0v) is 7.41. The molecule has 0 unspecified atom stereocenters. The fraction of sp³-hybridized carbons (Fsp3) is 0.500. The highest BCUT2D eigenvalue weighted by Gasteiger charge is 2.00. The van der Waals surface area contributed by atoms with Gasteiger partial charge in [0.2, 0.25) is 0 Å². The molecular weight excluding hydrogens is 147 g/mol. The van der Waals surface area contributed by atoms with E-state index in [2.05, 4.69) is 0 Å². The van der Waals surface area contributed by atoms with Crippen LogP contribution in [0.2, 0.25) is 0 Å². The number of hydrogen-bond acceptors (Lipinski definition) is 1. The van der Waals surface area contributed by atoms with E-state index in [1.54, 1.807) is 0 Å². The molecular formula is C8H13FS. The molecule has 0 nitrogen and oxygen atoms in total. The van der Waals surface area contributed by atoms with Gasteiger partial charge in [-0.05, 0) is 18.2 Å². The van der Waals surface area contributed by atoms with Crippen LogP contribution in [-0.2, 0) is 0 Å². The molecule has 0 fully saturated rings. The molecule has 0 heterocycles. The van der Waals surface area contributed by atoms with Crippen LogP contribution in [0.3, 0.4) is 0 Å². The monoisotopic (exact) mass is 160 g/mol. The van der Waals surface area contributed by atoms with Crippen LogP contribution in [0.25, 0.3) is 0 Å². The van der Waals surface area contributed by atoms with E-state index in [0.29, 0.717) is 6.33 Å². The number of allylic oxidation sites excluding steroid dienone is 2. The van der Waals surface area contributed by atoms with E-state index in [9.17, 15) is 4.39 Å². The molecule has 0 atom stereocenters. The molecule has 0 aliphatic rings. The van der Waals surface area contributed by atoms with Crippen molar-refractivity contribution >= 4 is 11.8 Å². The first-order chi connectivity index (χ1) is 4.72. The van der Waals surface area contributed by atoms with Gasteiger partial charge in [0, 0.05) is 4.91 Å². The smallest absolute Gasteiger partial charge is 0.0967 e. The Labute approximate surface area is 66.2 Å². The molecule has 0 N–H and O–H groups in total. The van der Waals surface area contributed by atoms with Crippen molar-refractivity contribution in [1.82, 2.24) is 0 Å². The molecule has 2 heteroatoms. The predicted molar refractivity (Wildman–Crippen MR) is 46.4 cm³/mol. The Kier molecular flexibility index (Phi) is 5.40. The highest BCUT2D eigenvalue weighted by molar-refractivity contribution is 8.05. The van der Waals surface area contributed by atoms with Crippen molar-refractivity contribution in [3.8, 4) is 0 Å². The summed E-state index contributed by atoms with van der Waals surface area (Å²) in [7, 11) is 0. The van der Waals surface area contributed by atoms with Crippen LogP contribution < -0.4 is 0 Å². The summed E-state index contributed by atoms with van der Waals surface area (Å²) in [6.07, 6.45) is 2.58. The van der Waals surface area contributed by atoms with E-state index in [4.69, 9.17) is 0 Å². The second-order valence-electron chi connectivity index (χ2n) is 2.25. The van der Waals surface area contributed by atoms with Gasteiger partial charge < -0.3 is 0 Å². The molecule has 0 rings (SSSR count). The summed E-state index contributed by atoms with van der Waals surface area (Å²) < 4.78 is 12.0. The van der Waals surface area contributed by atoms with Crippen LogP contribution >= 0.6 is 11.8 Å². The van der Waals surface area contributed by atoms with Gasteiger partial charge in [0.15, 0.2) is 0 Å². The molecule has 0 aromatic rings. The van der Waals surface area contributed by atoms with Gasteiger partial charge in [-0.2, -0.15) is 0 Å². The number of halogens is 1. The molecule has 0 amide bonds. The molecule has 0 saturated heterocycles. The largest absolute Gasteiger partial charge is 0.215 e. The third-order valence-electron chi connectivity index (χ3n) is 1.02. The molecule has 0 bridgehead atoms. The summed E-state index contributed by atoms with van der Waals surface area (Å²) in [6, 6.07) is 0. The first-order valence-electron chi connectivity index (χ1n) is 3.30. The molecule has 0 aliphatic carbocycles. The first-order valence-corrected chi connectivity index (χ1v) is 4.18. The van der Waals surface area contributed by atoms with Crippen LogP contribution in [0.15, 0.2) is 22.7 Å². The van der Waals surface area contributed by atoms with Gasteiger partial charge in [0.25, 0.3) is 0 Å². The minimum Gasteiger partial charge on any atom is -0.215 e. The van der Waals surface area contributed by atoms with Crippen LogP contribution in [0, 0.1) is 5.92 Å². The lowest BCUT2D eigenvalue weighted by molar-refractivity contribution is 0.688. The van der Waals surface area contributed by atoms with Gasteiger partial charge in [0.1, 0.15) is 0 Å². The van der Waals surface area contributed by atoms with Gasteiger partial charge >= 0.3 is 0 Å². The first kappa shape index (κ1) is 9.76. The van der Waals surface area contributed by atoms with Gasteiger partial charge in [0.05, 0.1) is 6.33 Å². The van der Waals surface area contributed by atoms with E-state index in [0.717, 1.165) is 4.91 Å². The topological polar surface area (TPSA) is 0 Å². The highest BCUT2D eigenvalue weighted by atomic mass is 32.2. The molecule has 0 saturated carbocycles. The predicted octanol–water partition coefficient (Wildman–Crippen LogP) is 3.72. The van der Waals surface area contributed by atoms with Gasteiger partial charge in [-0.25, -0.2) is 4.39 Å². The lowest BCUT2D eigenvalue weighted by atomic mass is 10.2. The van der Waals surface area contributed by atoms with Gasteiger partial charge in [-0.1, -0.05) is 19.9 Å². The van der Waals surface area contributed by atoms with Crippen molar-refractivity contribution in [2.24, 2.45) is 5.92 Å². The zero-order valence-electron chi connectivity index (χ0n) is 6.60. The van der Waals surface area contributed by atoms with Crippen molar-refractivity contribution in [2.75, 3.05) is 0 Å². The Hall–Kier alpha value is -0.240. The maximum absolute atomic E-state index is 12.0. The van der Waals surface area contributed by atoms with Gasteiger partial charge in [-0.3, -0.25) is 0 Å². The van der Waals surface area contributed by atoms with Crippen LogP contribution in [0.4, 0.5) is 4.39 Å². The minimum atomic E-state index is 0.284. The molecule has 0 spiro atoms. The summed E-state index contributed by atoms with van der Waals surface area (Å²) in [5, 5.41) is 1.88. The SMILES string of the molecule is C/C=C\S/C(=C/F)C(C)C. The molecule has 58 valence electrons. The van der Waals surface area contributed by atoms with Crippen LogP contribution in [0.1, 0.15) is 20.8 Å². The average Bonchev–Trinajstić information content (AvgIpc) is 1.89. The summed E-state index contributed by atoms with van der Waals surface area (Å²) >= 11 is 1.44. The van der Waals surface area contributed by atoms with Crippen LogP contribution in [-0.4, -0.2) is 0 Å². The summed E-state index contributed by atoms with van der Waals surface area (Å²) in [4.78, 5) is 0.776. The quantitative estimate of drug-likeness (QED) is 0.606. The fourth-order valence-electron chi connectivity index (χ4n) is 0.434. The maximum Gasteiger partial charge on any atom is 0.0967 e. The van der Waals surface area contributed by atoms with Crippen molar-refractivity contribution in [3.63, 3.8) is 0 Å². The second kappa shape index (κ2) is 5.54. The van der Waals surface area contributed by atoms with E-state index in [1.165, 1.54) is 11.8 Å². The van der Waals surface area contributed by atoms with E-state index in [-0.39, 0.29) is 5.92 Å². The molecule has 0 radical (unpaired) electrons. The van der Waals surface area contributed by atoms with E-state index < -0.39 is 0 Å². The van der Waals surface area contributed by atoms with Crippen molar-refractivity contribution in [1.29, 1.82) is 0 Å². The normalized spacial score (nSPS) is 13.5. The van der Waals surface area contributed by atoms with Crippen molar-refractivity contribution < 1.29 is 4.39 Å². The lowest BCUT2D eigenvalue weighted by Crippen LogP contribution is -1.85. The lowest BCUT2D eigenvalue weighted by Gasteiger charge is -2.03. The molecule has 0 aromatic heterocycles. The van der Waals surface area contributed by atoms with E-state index in [1.807, 2.05) is 32.3 Å². The zero-order chi connectivity index (χ0) is 7.98. The Morgan fingerprint density at radius 3 is 2.40 bits per heavy atom. The standard InChI is InChI=1S/C8H13FS/c1-4-5-10-8(6-9)7(2)3/h4-7H,1-3H3/b5-4-,8-6+. The molecule has 0 aromatic carbocycles. The number of rotatable bonds is 3. The van der Waals surface area contributed by atoms with Crippen molar-refractivity contribution in [2.45, 2.75) is 20.8 Å². The third kappa shape index (κ3) is 3.72. The minimum absolute atomic E-state index is 0.284. The Morgan fingerprint density at radius 1 is 1.50 bits per heavy atom. The Balaban J connectivity index is 3.86. The van der Waals surface area contributed by atoms with E-state index >= 15 is 0 Å². The fourth-order valence-corrected chi connectivity index (χ4v) is 1.05. The maximum atomic E-state index is 12.0. The molecule has 0 aliphatic heterocycles. The summed E-state index contributed by atoms with van der Waals surface area (Å²) in [5.74, 6) is 0.284. The number of thioether (sulfide) groups is 1. The Morgan fingerprint density at radius 2 is 2.10 bits per heavy atom. The molecule has 10 heavy (non-hydrogen) atoms. The average molecular weight is 160 g/mol. The summed E-state index contributed by atoms with van der Waals surface area (Å²) in [5.41, 5.74) is 0. The number of hydrogen-bond donors (Lipinski definition) is 0. The van der Waals surface area contributed by atoms with Crippen LogP contribution in [0.5, 0.6) is 0 Å². The van der Waals surface area contributed by atoms with Gasteiger partial charge in [-0.15, -0.1) is 11.8 Å². The van der Waals surface area contributed by atoms with Crippen molar-refractivity contribution in [3.05, 3.63) is 22.7 Å².